The molecule has 1 amide bonds. The SMILES string of the molecule is CCc1ccc([C@@H](C)NC(=O)c2cc(S(=O)(=O)N3CCC(C)CC3)ccc2OC)cc1. The molecular formula is C24H32N2O4S. The molecule has 6 nitrogen and oxygen atoms in total. The van der Waals surface area contributed by atoms with Gasteiger partial charge < -0.3 is 10.1 Å². The van der Waals surface area contributed by atoms with Crippen LogP contribution in [0.2, 0.25) is 0 Å². The number of rotatable bonds is 7. The molecule has 0 radical (unpaired) electrons. The monoisotopic (exact) mass is 444 g/mol. The van der Waals surface area contributed by atoms with Crippen LogP contribution in [0, 0.1) is 5.92 Å². The van der Waals surface area contributed by atoms with Crippen molar-refractivity contribution in [2.75, 3.05) is 20.2 Å². The van der Waals surface area contributed by atoms with Crippen molar-refractivity contribution >= 4 is 15.9 Å². The molecule has 0 spiro atoms. The van der Waals surface area contributed by atoms with Crippen molar-refractivity contribution in [2.45, 2.75) is 51.0 Å². The van der Waals surface area contributed by atoms with Crippen LogP contribution >= 0.6 is 0 Å². The van der Waals surface area contributed by atoms with Gasteiger partial charge in [0.15, 0.2) is 0 Å². The molecule has 0 aromatic heterocycles. The lowest BCUT2D eigenvalue weighted by molar-refractivity contribution is 0.0936. The fraction of sp³-hybridized carbons (Fsp3) is 0.458. The molecule has 168 valence electrons. The highest BCUT2D eigenvalue weighted by Crippen LogP contribution is 2.28. The molecule has 1 atom stereocenters. The van der Waals surface area contributed by atoms with Gasteiger partial charge in [-0.05, 0) is 61.4 Å². The normalized spacial score (nSPS) is 16.6. The Labute approximate surface area is 185 Å². The molecule has 1 heterocycles. The molecule has 1 fully saturated rings. The number of aryl methyl sites for hydroxylation is 1. The second kappa shape index (κ2) is 9.83. The van der Waals surface area contributed by atoms with Crippen LogP contribution in [-0.4, -0.2) is 38.8 Å². The van der Waals surface area contributed by atoms with Crippen LogP contribution in [0.3, 0.4) is 0 Å². The lowest BCUT2D eigenvalue weighted by atomic mass is 10.0. The number of sulfonamides is 1. The number of nitrogens with zero attached hydrogens (tertiary/aromatic N) is 1. The van der Waals surface area contributed by atoms with Crippen LogP contribution in [0.4, 0.5) is 0 Å². The maximum Gasteiger partial charge on any atom is 0.255 e. The van der Waals surface area contributed by atoms with Crippen molar-refractivity contribution in [2.24, 2.45) is 5.92 Å². The number of carbonyl (C=O) groups excluding carboxylic acids is 1. The third-order valence-corrected chi connectivity index (χ3v) is 7.93. The summed E-state index contributed by atoms with van der Waals surface area (Å²) < 4.78 is 33.1. The number of amides is 1. The zero-order valence-corrected chi connectivity index (χ0v) is 19.5. The van der Waals surface area contributed by atoms with E-state index in [4.69, 9.17) is 4.74 Å². The second-order valence-corrected chi connectivity index (χ2v) is 10.2. The van der Waals surface area contributed by atoms with Crippen molar-refractivity contribution < 1.29 is 17.9 Å². The first-order valence-electron chi connectivity index (χ1n) is 10.8. The first kappa shape index (κ1) is 23.3. The minimum atomic E-state index is -3.66. The van der Waals surface area contributed by atoms with Gasteiger partial charge in [-0.2, -0.15) is 4.31 Å². The van der Waals surface area contributed by atoms with E-state index in [-0.39, 0.29) is 22.4 Å². The summed E-state index contributed by atoms with van der Waals surface area (Å²) in [5.74, 6) is 0.502. The van der Waals surface area contributed by atoms with Gasteiger partial charge in [-0.25, -0.2) is 8.42 Å². The number of methoxy groups -OCH3 is 1. The molecule has 31 heavy (non-hydrogen) atoms. The molecule has 0 bridgehead atoms. The summed E-state index contributed by atoms with van der Waals surface area (Å²) in [7, 11) is -2.19. The van der Waals surface area contributed by atoms with Gasteiger partial charge in [0.2, 0.25) is 10.0 Å². The third-order valence-electron chi connectivity index (χ3n) is 6.03. The predicted octanol–water partition coefficient (Wildman–Crippen LogP) is 4.17. The zero-order chi connectivity index (χ0) is 22.6. The van der Waals surface area contributed by atoms with Gasteiger partial charge in [-0.15, -0.1) is 0 Å². The van der Waals surface area contributed by atoms with E-state index in [0.717, 1.165) is 24.8 Å². The molecule has 1 aliphatic rings. The van der Waals surface area contributed by atoms with E-state index in [0.29, 0.717) is 24.8 Å². The Hall–Kier alpha value is -2.38. The summed E-state index contributed by atoms with van der Waals surface area (Å²) >= 11 is 0. The molecule has 1 saturated heterocycles. The highest BCUT2D eigenvalue weighted by molar-refractivity contribution is 7.89. The summed E-state index contributed by atoms with van der Waals surface area (Å²) in [4.78, 5) is 13.1. The largest absolute Gasteiger partial charge is 0.496 e. The molecule has 1 N–H and O–H groups in total. The highest BCUT2D eigenvalue weighted by atomic mass is 32.2. The van der Waals surface area contributed by atoms with E-state index < -0.39 is 10.0 Å². The molecule has 0 aliphatic carbocycles. The molecule has 7 heteroatoms. The second-order valence-electron chi connectivity index (χ2n) is 8.24. The number of hydrogen-bond donors (Lipinski definition) is 1. The van der Waals surface area contributed by atoms with Crippen molar-refractivity contribution in [1.82, 2.24) is 9.62 Å². The maximum absolute atomic E-state index is 13.1. The van der Waals surface area contributed by atoms with E-state index in [9.17, 15) is 13.2 Å². The average molecular weight is 445 g/mol. The molecular weight excluding hydrogens is 412 g/mol. The Morgan fingerprint density at radius 3 is 2.39 bits per heavy atom. The van der Waals surface area contributed by atoms with E-state index in [1.807, 2.05) is 31.2 Å². The van der Waals surface area contributed by atoms with E-state index in [1.165, 1.54) is 29.1 Å². The fourth-order valence-electron chi connectivity index (χ4n) is 3.80. The van der Waals surface area contributed by atoms with Gasteiger partial charge in [-0.3, -0.25) is 4.79 Å². The lowest BCUT2D eigenvalue weighted by Gasteiger charge is -2.29. The molecule has 3 rings (SSSR count). The number of benzene rings is 2. The summed E-state index contributed by atoms with van der Waals surface area (Å²) in [6, 6.07) is 12.3. The summed E-state index contributed by atoms with van der Waals surface area (Å²) in [5, 5.41) is 2.96. The average Bonchev–Trinajstić information content (AvgIpc) is 2.78. The molecule has 0 saturated carbocycles. The molecule has 2 aromatic carbocycles. The zero-order valence-electron chi connectivity index (χ0n) is 18.7. The Balaban J connectivity index is 1.83. The standard InChI is InChI=1S/C24H32N2O4S/c1-5-19-6-8-20(9-7-19)18(3)25-24(27)22-16-21(10-11-23(22)30-4)31(28,29)26-14-12-17(2)13-15-26/h6-11,16-18H,5,12-15H2,1-4H3,(H,25,27)/t18-/m1/s1. The molecule has 1 aliphatic heterocycles. The first-order chi connectivity index (χ1) is 14.8. The first-order valence-corrected chi connectivity index (χ1v) is 12.3. The smallest absolute Gasteiger partial charge is 0.255 e. The number of piperidine rings is 1. The Bertz CT molecular complexity index is 1010. The van der Waals surface area contributed by atoms with E-state index >= 15 is 0 Å². The molecule has 2 aromatic rings. The van der Waals surface area contributed by atoms with Gasteiger partial charge >= 0.3 is 0 Å². The fourth-order valence-corrected chi connectivity index (χ4v) is 5.30. The number of ether oxygens (including phenoxy) is 1. The van der Waals surface area contributed by atoms with Crippen LogP contribution < -0.4 is 10.1 Å². The van der Waals surface area contributed by atoms with Crippen molar-refractivity contribution in [3.63, 3.8) is 0 Å². The van der Waals surface area contributed by atoms with Gasteiger partial charge in [0, 0.05) is 13.1 Å². The van der Waals surface area contributed by atoms with Crippen LogP contribution in [0.5, 0.6) is 5.75 Å². The van der Waals surface area contributed by atoms with Gasteiger partial charge in [0.25, 0.3) is 5.91 Å². The summed E-state index contributed by atoms with van der Waals surface area (Å²) in [6.07, 6.45) is 2.64. The minimum absolute atomic E-state index is 0.118. The van der Waals surface area contributed by atoms with E-state index in [1.54, 1.807) is 6.07 Å². The van der Waals surface area contributed by atoms with Crippen LogP contribution in [-0.2, 0) is 16.4 Å². The number of nitrogens with one attached hydrogen (secondary N) is 1. The predicted molar refractivity (Wildman–Crippen MR) is 122 cm³/mol. The Morgan fingerprint density at radius 2 is 1.81 bits per heavy atom. The van der Waals surface area contributed by atoms with Gasteiger partial charge in [0.1, 0.15) is 5.75 Å². The van der Waals surface area contributed by atoms with Crippen molar-refractivity contribution in [3.8, 4) is 5.75 Å². The van der Waals surface area contributed by atoms with E-state index in [2.05, 4.69) is 19.2 Å². The quantitative estimate of drug-likeness (QED) is 0.695. The Morgan fingerprint density at radius 1 is 1.16 bits per heavy atom. The maximum atomic E-state index is 13.1. The third kappa shape index (κ3) is 5.28. The van der Waals surface area contributed by atoms with Crippen molar-refractivity contribution in [1.29, 1.82) is 0 Å². The minimum Gasteiger partial charge on any atom is -0.496 e. The number of hydrogen-bond acceptors (Lipinski definition) is 4. The topological polar surface area (TPSA) is 75.7 Å². The number of carbonyl (C=O) groups is 1. The van der Waals surface area contributed by atoms with Gasteiger partial charge in [0.05, 0.1) is 23.6 Å². The lowest BCUT2D eigenvalue weighted by Crippen LogP contribution is -2.38. The van der Waals surface area contributed by atoms with Gasteiger partial charge in [-0.1, -0.05) is 38.1 Å². The summed E-state index contributed by atoms with van der Waals surface area (Å²) in [5.41, 5.74) is 2.43. The van der Waals surface area contributed by atoms with Crippen LogP contribution in [0.25, 0.3) is 0 Å². The van der Waals surface area contributed by atoms with Crippen LogP contribution in [0.1, 0.15) is 61.1 Å². The molecule has 0 unspecified atom stereocenters. The van der Waals surface area contributed by atoms with Crippen molar-refractivity contribution in [3.05, 3.63) is 59.2 Å². The summed E-state index contributed by atoms with van der Waals surface area (Å²) in [6.45, 7) is 7.14. The van der Waals surface area contributed by atoms with Crippen LogP contribution in [0.15, 0.2) is 47.4 Å². The Kier molecular flexibility index (Phi) is 7.38. The highest BCUT2D eigenvalue weighted by Gasteiger charge is 2.29.